The summed E-state index contributed by atoms with van der Waals surface area (Å²) in [6, 6.07) is 17.6. The highest BCUT2D eigenvalue weighted by molar-refractivity contribution is 9.10. The summed E-state index contributed by atoms with van der Waals surface area (Å²) in [4.78, 5) is 13.0. The van der Waals surface area contributed by atoms with Gasteiger partial charge in [-0.15, -0.1) is 0 Å². The summed E-state index contributed by atoms with van der Waals surface area (Å²) >= 11 is 3.45. The van der Waals surface area contributed by atoms with E-state index >= 15 is 0 Å². The van der Waals surface area contributed by atoms with Crippen molar-refractivity contribution in [2.45, 2.75) is 25.8 Å². The van der Waals surface area contributed by atoms with Gasteiger partial charge in [0.2, 0.25) is 15.9 Å². The molecule has 3 rings (SSSR count). The topological polar surface area (TPSA) is 66.5 Å². The highest BCUT2D eigenvalue weighted by atomic mass is 79.9. The van der Waals surface area contributed by atoms with Crippen molar-refractivity contribution in [2.75, 3.05) is 18.8 Å². The third-order valence-electron chi connectivity index (χ3n) is 5.21. The zero-order valence-electron chi connectivity index (χ0n) is 15.8. The maximum atomic E-state index is 13.0. The van der Waals surface area contributed by atoms with Crippen molar-refractivity contribution >= 4 is 31.9 Å². The van der Waals surface area contributed by atoms with Gasteiger partial charge in [-0.3, -0.25) is 4.79 Å². The lowest BCUT2D eigenvalue weighted by Crippen LogP contribution is -2.44. The van der Waals surface area contributed by atoms with Crippen molar-refractivity contribution < 1.29 is 13.2 Å². The van der Waals surface area contributed by atoms with Crippen LogP contribution in [0.4, 0.5) is 0 Å². The van der Waals surface area contributed by atoms with Crippen LogP contribution in [-0.4, -0.2) is 37.5 Å². The second kappa shape index (κ2) is 9.20. The number of sulfonamides is 1. The zero-order valence-corrected chi connectivity index (χ0v) is 18.2. The maximum absolute atomic E-state index is 13.0. The van der Waals surface area contributed by atoms with Gasteiger partial charge in [-0.05, 0) is 43.0 Å². The minimum atomic E-state index is -3.19. The Hall–Kier alpha value is -1.70. The molecule has 1 aliphatic heterocycles. The molecular formula is C21H25BrN2O3S. The fourth-order valence-corrected chi connectivity index (χ4v) is 4.90. The molecule has 1 amide bonds. The zero-order chi connectivity index (χ0) is 20.1. The average Bonchev–Trinajstić information content (AvgIpc) is 2.73. The van der Waals surface area contributed by atoms with Crippen LogP contribution < -0.4 is 5.32 Å². The Bertz CT molecular complexity index is 893. The summed E-state index contributed by atoms with van der Waals surface area (Å²) in [5, 5.41) is 3.18. The van der Waals surface area contributed by atoms with Crippen molar-refractivity contribution in [1.82, 2.24) is 9.62 Å². The molecule has 1 atom stereocenters. The van der Waals surface area contributed by atoms with Gasteiger partial charge in [0.25, 0.3) is 0 Å². The van der Waals surface area contributed by atoms with Gasteiger partial charge >= 0.3 is 0 Å². The highest BCUT2D eigenvalue weighted by Gasteiger charge is 2.31. The van der Waals surface area contributed by atoms with Gasteiger partial charge in [0.05, 0.1) is 11.8 Å². The molecule has 0 spiro atoms. The molecule has 0 aliphatic carbocycles. The molecule has 1 aliphatic rings. The van der Waals surface area contributed by atoms with Gasteiger partial charge in [-0.1, -0.05) is 58.4 Å². The van der Waals surface area contributed by atoms with Crippen molar-refractivity contribution in [2.24, 2.45) is 5.92 Å². The number of nitrogens with one attached hydrogen (secondary N) is 1. The minimum Gasteiger partial charge on any atom is -0.345 e. The maximum Gasteiger partial charge on any atom is 0.223 e. The lowest BCUT2D eigenvalue weighted by atomic mass is 9.94. The van der Waals surface area contributed by atoms with E-state index in [1.165, 1.54) is 4.31 Å². The summed E-state index contributed by atoms with van der Waals surface area (Å²) in [6.45, 7) is 2.46. The van der Waals surface area contributed by atoms with Crippen molar-refractivity contribution in [3.05, 3.63) is 70.2 Å². The Morgan fingerprint density at radius 3 is 2.21 bits per heavy atom. The van der Waals surface area contributed by atoms with E-state index in [1.807, 2.05) is 54.6 Å². The fourth-order valence-electron chi connectivity index (χ4n) is 3.50. The molecule has 1 saturated heterocycles. The van der Waals surface area contributed by atoms with Crippen LogP contribution in [-0.2, 0) is 14.8 Å². The van der Waals surface area contributed by atoms with E-state index in [1.54, 1.807) is 6.92 Å². The van der Waals surface area contributed by atoms with Gasteiger partial charge in [0.1, 0.15) is 0 Å². The molecule has 1 fully saturated rings. The average molecular weight is 465 g/mol. The summed E-state index contributed by atoms with van der Waals surface area (Å²) in [6.07, 6.45) is 1.10. The van der Waals surface area contributed by atoms with Crippen molar-refractivity contribution in [3.8, 4) is 0 Å². The smallest absolute Gasteiger partial charge is 0.223 e. The molecule has 0 aromatic heterocycles. The van der Waals surface area contributed by atoms with E-state index in [0.29, 0.717) is 25.9 Å². The van der Waals surface area contributed by atoms with E-state index in [4.69, 9.17) is 0 Å². The van der Waals surface area contributed by atoms with E-state index in [9.17, 15) is 13.2 Å². The van der Waals surface area contributed by atoms with Gasteiger partial charge in [0, 0.05) is 23.5 Å². The molecule has 150 valence electrons. The number of hydrogen-bond acceptors (Lipinski definition) is 3. The van der Waals surface area contributed by atoms with Crippen LogP contribution in [0.3, 0.4) is 0 Å². The molecule has 1 N–H and O–H groups in total. The van der Waals surface area contributed by atoms with Crippen LogP contribution >= 0.6 is 15.9 Å². The molecule has 1 unspecified atom stereocenters. The number of rotatable bonds is 6. The number of piperidine rings is 1. The highest BCUT2D eigenvalue weighted by Crippen LogP contribution is 2.26. The van der Waals surface area contributed by atoms with Crippen LogP contribution in [0.2, 0.25) is 0 Å². The number of nitrogens with zero attached hydrogens (tertiary/aromatic N) is 1. The van der Waals surface area contributed by atoms with Crippen LogP contribution in [0.25, 0.3) is 0 Å². The molecule has 1 heterocycles. The van der Waals surface area contributed by atoms with E-state index in [-0.39, 0.29) is 23.6 Å². The normalized spacial score (nSPS) is 17.2. The molecule has 2 aromatic carbocycles. The molecule has 28 heavy (non-hydrogen) atoms. The summed E-state index contributed by atoms with van der Waals surface area (Å²) < 4.78 is 26.5. The Morgan fingerprint density at radius 2 is 1.64 bits per heavy atom. The molecule has 7 heteroatoms. The Kier molecular flexibility index (Phi) is 6.91. The number of hydrogen-bond donors (Lipinski definition) is 1. The second-order valence-electron chi connectivity index (χ2n) is 6.98. The van der Waals surface area contributed by atoms with Crippen molar-refractivity contribution in [1.29, 1.82) is 0 Å². The first kappa shape index (κ1) is 21.0. The standard InChI is InChI=1S/C21H25BrN2O3S/c1-2-28(26,27)24-14-12-18(13-15-24)21(25)23-20(16-6-4-3-5-7-16)17-8-10-19(22)11-9-17/h3-11,18,20H,2,12-15H2,1H3,(H,23,25). The molecule has 5 nitrogen and oxygen atoms in total. The van der Waals surface area contributed by atoms with Gasteiger partial charge in [-0.2, -0.15) is 0 Å². The fraction of sp³-hybridized carbons (Fsp3) is 0.381. The van der Waals surface area contributed by atoms with Crippen LogP contribution in [0, 0.1) is 5.92 Å². The first-order chi connectivity index (χ1) is 13.4. The predicted molar refractivity (Wildman–Crippen MR) is 114 cm³/mol. The van der Waals surface area contributed by atoms with E-state index in [2.05, 4.69) is 21.2 Å². The van der Waals surface area contributed by atoms with Crippen LogP contribution in [0.1, 0.15) is 36.9 Å². The predicted octanol–water partition coefficient (Wildman–Crippen LogP) is 3.72. The number of benzene rings is 2. The third kappa shape index (κ3) is 5.01. The summed E-state index contributed by atoms with van der Waals surface area (Å²) in [7, 11) is -3.19. The molecular weight excluding hydrogens is 440 g/mol. The number of amides is 1. The van der Waals surface area contributed by atoms with Gasteiger partial charge in [0.15, 0.2) is 0 Å². The first-order valence-electron chi connectivity index (χ1n) is 9.49. The van der Waals surface area contributed by atoms with Crippen molar-refractivity contribution in [3.63, 3.8) is 0 Å². The Balaban J connectivity index is 1.73. The number of carbonyl (C=O) groups excluding carboxylic acids is 1. The second-order valence-corrected chi connectivity index (χ2v) is 10.2. The third-order valence-corrected chi connectivity index (χ3v) is 7.62. The minimum absolute atomic E-state index is 0.0229. The molecule has 0 radical (unpaired) electrons. The van der Waals surface area contributed by atoms with Crippen LogP contribution in [0.5, 0.6) is 0 Å². The van der Waals surface area contributed by atoms with Gasteiger partial charge in [-0.25, -0.2) is 12.7 Å². The monoisotopic (exact) mass is 464 g/mol. The lowest BCUT2D eigenvalue weighted by molar-refractivity contribution is -0.126. The molecule has 0 bridgehead atoms. The molecule has 0 saturated carbocycles. The lowest BCUT2D eigenvalue weighted by Gasteiger charge is -2.31. The quantitative estimate of drug-likeness (QED) is 0.708. The molecule has 2 aromatic rings. The van der Waals surface area contributed by atoms with E-state index in [0.717, 1.165) is 15.6 Å². The Labute approximate surface area is 175 Å². The largest absolute Gasteiger partial charge is 0.345 e. The summed E-state index contributed by atoms with van der Waals surface area (Å²) in [5.74, 6) is -0.0981. The van der Waals surface area contributed by atoms with Gasteiger partial charge < -0.3 is 5.32 Å². The summed E-state index contributed by atoms with van der Waals surface area (Å²) in [5.41, 5.74) is 2.03. The number of carbonyl (C=O) groups is 1. The van der Waals surface area contributed by atoms with Crippen LogP contribution in [0.15, 0.2) is 59.1 Å². The first-order valence-corrected chi connectivity index (χ1v) is 11.9. The van der Waals surface area contributed by atoms with E-state index < -0.39 is 10.0 Å². The Morgan fingerprint density at radius 1 is 1.07 bits per heavy atom. The SMILES string of the molecule is CCS(=O)(=O)N1CCC(C(=O)NC(c2ccccc2)c2ccc(Br)cc2)CC1. The number of halogens is 1.